The maximum atomic E-state index is 14.2. The fourth-order valence-corrected chi connectivity index (χ4v) is 2.94. The van der Waals surface area contributed by atoms with E-state index in [9.17, 15) is 9.18 Å². The van der Waals surface area contributed by atoms with Crippen LogP contribution < -0.4 is 4.74 Å². The molecule has 0 fully saturated rings. The molecular weight excluding hydrogens is 305 g/mol. The zero-order valence-corrected chi connectivity index (χ0v) is 15.6. The highest BCUT2D eigenvalue weighted by molar-refractivity contribution is 6.17. The molecule has 1 aromatic rings. The highest BCUT2D eigenvalue weighted by atomic mass is 19.1. The Bertz CT molecular complexity index is 581. The van der Waals surface area contributed by atoms with Gasteiger partial charge in [-0.25, -0.2) is 4.39 Å². The van der Waals surface area contributed by atoms with E-state index < -0.39 is 5.82 Å². The number of carbonyl (C=O) groups excluding carboxylic acids is 1. The van der Waals surface area contributed by atoms with Crippen molar-refractivity contribution in [3.8, 4) is 5.75 Å². The van der Waals surface area contributed by atoms with Crippen molar-refractivity contribution in [2.45, 2.75) is 66.2 Å². The Labute approximate surface area is 145 Å². The van der Waals surface area contributed by atoms with Gasteiger partial charge in [0.1, 0.15) is 11.6 Å². The molecule has 4 heteroatoms. The Morgan fingerprint density at radius 3 is 2.46 bits per heavy atom. The number of nitrogens with zero attached hydrogens (tertiary/aromatic N) is 1. The van der Waals surface area contributed by atoms with Crippen LogP contribution in [0.5, 0.6) is 5.75 Å². The van der Waals surface area contributed by atoms with Gasteiger partial charge >= 0.3 is 0 Å². The minimum Gasteiger partial charge on any atom is -0.497 e. The summed E-state index contributed by atoms with van der Waals surface area (Å²) in [5, 5.41) is 0. The molecule has 3 nitrogen and oxygen atoms in total. The summed E-state index contributed by atoms with van der Waals surface area (Å²) in [7, 11) is 1.47. The smallest absolute Gasteiger partial charge is 0.176 e. The molecule has 0 saturated heterocycles. The number of fused-ring (bicyclic) bond motifs is 1. The van der Waals surface area contributed by atoms with Crippen LogP contribution in [0.3, 0.4) is 0 Å². The number of rotatable bonds is 7. The Balaban J connectivity index is 0.00000139. The number of ketones is 1. The third-order valence-electron chi connectivity index (χ3n) is 4.24. The van der Waals surface area contributed by atoms with Gasteiger partial charge in [-0.15, -0.1) is 0 Å². The van der Waals surface area contributed by atoms with E-state index in [1.165, 1.54) is 32.4 Å². The van der Waals surface area contributed by atoms with Gasteiger partial charge in [0.2, 0.25) is 0 Å². The van der Waals surface area contributed by atoms with Crippen LogP contribution in [0, 0.1) is 11.7 Å². The normalized spacial score (nSPS) is 16.0. The van der Waals surface area contributed by atoms with Gasteiger partial charge in [0, 0.05) is 17.8 Å². The van der Waals surface area contributed by atoms with Gasteiger partial charge in [0.15, 0.2) is 5.78 Å². The first-order valence-electron chi connectivity index (χ1n) is 9.05. The van der Waals surface area contributed by atoms with Crippen LogP contribution in [-0.4, -0.2) is 18.6 Å². The predicted octanol–water partition coefficient (Wildman–Crippen LogP) is 6.13. The second-order valence-electron chi connectivity index (χ2n) is 5.88. The topological polar surface area (TPSA) is 38.7 Å². The van der Waals surface area contributed by atoms with Crippen molar-refractivity contribution in [2.24, 2.45) is 10.9 Å². The Hall–Kier alpha value is -1.71. The lowest BCUT2D eigenvalue weighted by atomic mass is 9.85. The zero-order valence-electron chi connectivity index (χ0n) is 15.6. The fraction of sp³-hybridized carbons (Fsp3) is 0.600. The van der Waals surface area contributed by atoms with Crippen LogP contribution in [0.1, 0.15) is 76.6 Å². The van der Waals surface area contributed by atoms with Crippen LogP contribution in [0.25, 0.3) is 0 Å². The molecule has 0 amide bonds. The highest BCUT2D eigenvalue weighted by Crippen LogP contribution is 2.35. The summed E-state index contributed by atoms with van der Waals surface area (Å²) < 4.78 is 19.2. The van der Waals surface area contributed by atoms with Crippen LogP contribution in [-0.2, 0) is 0 Å². The standard InChI is InChI=1S/C18H24FNO2.C2H6/c1-4-5-6-7-8-9-14-12(2)20-16-11-13(22-3)10-15(19)17(16)18(14)21;1-2/h10-11,14H,4-9H2,1-3H3;1-2H3. The number of halogens is 1. The summed E-state index contributed by atoms with van der Waals surface area (Å²) in [5.41, 5.74) is 1.28. The predicted molar refractivity (Wildman–Crippen MR) is 98.3 cm³/mol. The monoisotopic (exact) mass is 335 g/mol. The van der Waals surface area contributed by atoms with Gasteiger partial charge in [-0.2, -0.15) is 0 Å². The average molecular weight is 335 g/mol. The first kappa shape index (κ1) is 20.3. The molecular formula is C20H30FNO2. The molecule has 1 aliphatic rings. The van der Waals surface area contributed by atoms with Crippen molar-refractivity contribution in [1.29, 1.82) is 0 Å². The third kappa shape index (κ3) is 4.89. The molecule has 0 radical (unpaired) electrons. The molecule has 1 atom stereocenters. The zero-order chi connectivity index (χ0) is 18.1. The van der Waals surface area contributed by atoms with Crippen LogP contribution >= 0.6 is 0 Å². The summed E-state index contributed by atoms with van der Waals surface area (Å²) in [6.07, 6.45) is 6.46. The molecule has 0 spiro atoms. The molecule has 0 aliphatic carbocycles. The summed E-state index contributed by atoms with van der Waals surface area (Å²) >= 11 is 0. The maximum Gasteiger partial charge on any atom is 0.176 e. The third-order valence-corrected chi connectivity index (χ3v) is 4.24. The lowest BCUT2D eigenvalue weighted by molar-refractivity contribution is 0.0942. The molecule has 0 aromatic heterocycles. The highest BCUT2D eigenvalue weighted by Gasteiger charge is 2.31. The van der Waals surface area contributed by atoms with Crippen molar-refractivity contribution in [3.63, 3.8) is 0 Å². The maximum absolute atomic E-state index is 14.2. The minimum absolute atomic E-state index is 0.116. The Morgan fingerprint density at radius 1 is 1.17 bits per heavy atom. The van der Waals surface area contributed by atoms with E-state index in [1.807, 2.05) is 20.8 Å². The van der Waals surface area contributed by atoms with Crippen LogP contribution in [0.15, 0.2) is 17.1 Å². The largest absolute Gasteiger partial charge is 0.497 e. The van der Waals surface area contributed by atoms with E-state index in [0.717, 1.165) is 25.0 Å². The van der Waals surface area contributed by atoms with Gasteiger partial charge in [0.25, 0.3) is 0 Å². The van der Waals surface area contributed by atoms with E-state index in [2.05, 4.69) is 11.9 Å². The number of aliphatic imine (C=N–C) groups is 1. The molecule has 0 saturated carbocycles. The number of unbranched alkanes of at least 4 members (excludes halogenated alkanes) is 4. The summed E-state index contributed by atoms with van der Waals surface area (Å²) in [6, 6.07) is 2.88. The van der Waals surface area contributed by atoms with Crippen molar-refractivity contribution >= 4 is 17.2 Å². The van der Waals surface area contributed by atoms with E-state index >= 15 is 0 Å². The van der Waals surface area contributed by atoms with Crippen molar-refractivity contribution < 1.29 is 13.9 Å². The molecule has 24 heavy (non-hydrogen) atoms. The molecule has 1 unspecified atom stereocenters. The second kappa shape index (κ2) is 10.2. The van der Waals surface area contributed by atoms with E-state index in [4.69, 9.17) is 4.74 Å². The number of carbonyl (C=O) groups is 1. The molecule has 1 aromatic carbocycles. The van der Waals surface area contributed by atoms with E-state index in [0.29, 0.717) is 11.4 Å². The lowest BCUT2D eigenvalue weighted by Crippen LogP contribution is -2.26. The molecule has 0 bridgehead atoms. The van der Waals surface area contributed by atoms with Crippen molar-refractivity contribution in [1.82, 2.24) is 0 Å². The average Bonchev–Trinajstić information content (AvgIpc) is 2.58. The minimum atomic E-state index is -0.536. The van der Waals surface area contributed by atoms with Gasteiger partial charge in [-0.1, -0.05) is 52.9 Å². The van der Waals surface area contributed by atoms with Crippen molar-refractivity contribution in [2.75, 3.05) is 7.11 Å². The SMILES string of the molecule is CC.CCCCCCCC1C(=O)c2c(F)cc(OC)cc2N=C1C. The molecule has 1 heterocycles. The number of hydrogen-bond donors (Lipinski definition) is 0. The fourth-order valence-electron chi connectivity index (χ4n) is 2.94. The quantitative estimate of drug-likeness (QED) is 0.562. The van der Waals surface area contributed by atoms with E-state index in [1.54, 1.807) is 6.07 Å². The number of hydrogen-bond acceptors (Lipinski definition) is 3. The molecule has 1 aliphatic heterocycles. The van der Waals surface area contributed by atoms with Gasteiger partial charge in [0.05, 0.1) is 24.3 Å². The molecule has 2 rings (SSSR count). The van der Waals surface area contributed by atoms with Gasteiger partial charge < -0.3 is 4.74 Å². The molecule has 0 N–H and O–H groups in total. The summed E-state index contributed by atoms with van der Waals surface area (Å²) in [5.74, 6) is -0.569. The Morgan fingerprint density at radius 2 is 1.83 bits per heavy atom. The van der Waals surface area contributed by atoms with Crippen LogP contribution in [0.2, 0.25) is 0 Å². The first-order chi connectivity index (χ1) is 11.6. The number of methoxy groups -OCH3 is 1. The van der Waals surface area contributed by atoms with Crippen LogP contribution in [0.4, 0.5) is 10.1 Å². The van der Waals surface area contributed by atoms with E-state index in [-0.39, 0.29) is 17.3 Å². The second-order valence-corrected chi connectivity index (χ2v) is 5.88. The van der Waals surface area contributed by atoms with Gasteiger partial charge in [-0.05, 0) is 13.3 Å². The van der Waals surface area contributed by atoms with Crippen molar-refractivity contribution in [3.05, 3.63) is 23.5 Å². The number of ether oxygens (including phenoxy) is 1. The molecule has 134 valence electrons. The summed E-state index contributed by atoms with van der Waals surface area (Å²) in [6.45, 7) is 8.03. The van der Waals surface area contributed by atoms with Gasteiger partial charge in [-0.3, -0.25) is 9.79 Å². The summed E-state index contributed by atoms with van der Waals surface area (Å²) in [4.78, 5) is 17.0. The Kier molecular flexibility index (Phi) is 8.66. The number of benzene rings is 1. The lowest BCUT2D eigenvalue weighted by Gasteiger charge is -2.22. The first-order valence-corrected chi connectivity index (χ1v) is 9.05. The number of Topliss-reactive ketones (excluding diaryl/α,β-unsaturated/α-hetero) is 1.